The van der Waals surface area contributed by atoms with Crippen LogP contribution in [0.5, 0.6) is 5.75 Å². The minimum atomic E-state index is 0.447. The Labute approximate surface area is 139 Å². The van der Waals surface area contributed by atoms with Gasteiger partial charge in [-0.1, -0.05) is 41.4 Å². The summed E-state index contributed by atoms with van der Waals surface area (Å²) in [6, 6.07) is 13.4. The van der Waals surface area contributed by atoms with Crippen molar-refractivity contribution in [3.05, 3.63) is 63.6 Å². The van der Waals surface area contributed by atoms with Crippen molar-refractivity contribution >= 4 is 29.0 Å². The van der Waals surface area contributed by atoms with E-state index in [2.05, 4.69) is 22.4 Å². The predicted molar refractivity (Wildman–Crippen MR) is 91.3 cm³/mol. The Kier molecular flexibility index (Phi) is 4.86. The van der Waals surface area contributed by atoms with Gasteiger partial charge in [-0.3, -0.25) is 4.99 Å². The molecule has 0 spiro atoms. The maximum Gasteiger partial charge on any atom is 0.138 e. The highest BCUT2D eigenvalue weighted by molar-refractivity contribution is 6.35. The van der Waals surface area contributed by atoms with Crippen molar-refractivity contribution in [2.45, 2.75) is 13.0 Å². The third-order valence-electron chi connectivity index (χ3n) is 3.39. The number of amidine groups is 1. The van der Waals surface area contributed by atoms with Crippen molar-refractivity contribution in [2.75, 3.05) is 13.1 Å². The normalized spacial score (nSPS) is 14.2. The lowest BCUT2D eigenvalue weighted by Crippen LogP contribution is -2.30. The molecule has 1 heterocycles. The molecule has 2 aromatic carbocycles. The van der Waals surface area contributed by atoms with Crippen molar-refractivity contribution in [1.82, 2.24) is 5.32 Å². The molecule has 3 rings (SSSR count). The van der Waals surface area contributed by atoms with E-state index in [1.807, 2.05) is 12.1 Å². The number of nitrogens with one attached hydrogen (secondary N) is 1. The van der Waals surface area contributed by atoms with E-state index in [4.69, 9.17) is 27.9 Å². The van der Waals surface area contributed by atoms with E-state index in [9.17, 15) is 0 Å². The molecule has 1 N–H and O–H groups in total. The van der Waals surface area contributed by atoms with Gasteiger partial charge in [0.05, 0.1) is 5.02 Å². The van der Waals surface area contributed by atoms with E-state index in [0.29, 0.717) is 22.4 Å². The average Bonchev–Trinajstić information content (AvgIpc) is 2.55. The third-order valence-corrected chi connectivity index (χ3v) is 3.92. The number of halogens is 2. The molecule has 0 atom stereocenters. The second-order valence-corrected chi connectivity index (χ2v) is 5.92. The summed E-state index contributed by atoms with van der Waals surface area (Å²) >= 11 is 12.0. The zero-order valence-electron chi connectivity index (χ0n) is 12.0. The number of hydrogen-bond acceptors (Lipinski definition) is 3. The van der Waals surface area contributed by atoms with Gasteiger partial charge in [0.1, 0.15) is 18.2 Å². The first-order valence-electron chi connectivity index (χ1n) is 7.18. The number of benzene rings is 2. The van der Waals surface area contributed by atoms with Crippen LogP contribution >= 0.6 is 23.2 Å². The van der Waals surface area contributed by atoms with Gasteiger partial charge in [0.2, 0.25) is 0 Å². The van der Waals surface area contributed by atoms with E-state index in [1.165, 1.54) is 0 Å². The van der Waals surface area contributed by atoms with Gasteiger partial charge in [0.25, 0.3) is 0 Å². The van der Waals surface area contributed by atoms with Crippen molar-refractivity contribution in [3.8, 4) is 5.75 Å². The molecule has 22 heavy (non-hydrogen) atoms. The minimum Gasteiger partial charge on any atom is -0.487 e. The Hall–Kier alpha value is -1.71. The lowest BCUT2D eigenvalue weighted by molar-refractivity contribution is 0.306. The zero-order valence-corrected chi connectivity index (χ0v) is 13.5. The van der Waals surface area contributed by atoms with Crippen LogP contribution in [-0.4, -0.2) is 18.9 Å². The summed E-state index contributed by atoms with van der Waals surface area (Å²) in [5.74, 6) is 1.59. The lowest BCUT2D eigenvalue weighted by Gasteiger charge is -2.15. The van der Waals surface area contributed by atoms with E-state index in [-0.39, 0.29) is 0 Å². The topological polar surface area (TPSA) is 33.6 Å². The number of aliphatic imine (C=N–C) groups is 1. The molecule has 114 valence electrons. The fourth-order valence-electron chi connectivity index (χ4n) is 2.29. The fraction of sp³-hybridized carbons (Fsp3) is 0.235. The Balaban J connectivity index is 1.71. The largest absolute Gasteiger partial charge is 0.487 e. The van der Waals surface area contributed by atoms with E-state index in [1.54, 1.807) is 18.2 Å². The highest BCUT2D eigenvalue weighted by Gasteiger charge is 2.08. The van der Waals surface area contributed by atoms with Gasteiger partial charge < -0.3 is 10.1 Å². The standard InChI is InChI=1S/C17H16Cl2N2O/c18-14-5-6-16(15(19)10-14)22-11-12-3-1-4-13(9-12)17-20-7-2-8-21-17/h1,3-6,9-10H,2,7-8,11H2,(H,20,21). The highest BCUT2D eigenvalue weighted by atomic mass is 35.5. The van der Waals surface area contributed by atoms with E-state index < -0.39 is 0 Å². The van der Waals surface area contributed by atoms with Gasteiger partial charge in [0.15, 0.2) is 0 Å². The van der Waals surface area contributed by atoms with Gasteiger partial charge in [0, 0.05) is 23.7 Å². The monoisotopic (exact) mass is 334 g/mol. The molecule has 0 radical (unpaired) electrons. The Morgan fingerprint density at radius 1 is 1.14 bits per heavy atom. The van der Waals surface area contributed by atoms with E-state index in [0.717, 1.165) is 36.5 Å². The SMILES string of the molecule is Clc1ccc(OCc2cccc(C3=NCCCN3)c2)c(Cl)c1. The first kappa shape index (κ1) is 15.2. The first-order chi connectivity index (χ1) is 10.7. The molecule has 0 aliphatic carbocycles. The van der Waals surface area contributed by atoms with Gasteiger partial charge >= 0.3 is 0 Å². The maximum atomic E-state index is 6.11. The fourth-order valence-corrected chi connectivity index (χ4v) is 2.75. The van der Waals surface area contributed by atoms with Crippen molar-refractivity contribution in [2.24, 2.45) is 4.99 Å². The number of nitrogens with zero attached hydrogens (tertiary/aromatic N) is 1. The molecule has 0 bridgehead atoms. The summed E-state index contributed by atoms with van der Waals surface area (Å²) in [6.45, 7) is 2.30. The van der Waals surface area contributed by atoms with Crippen LogP contribution in [0.2, 0.25) is 10.0 Å². The van der Waals surface area contributed by atoms with Crippen molar-refractivity contribution < 1.29 is 4.74 Å². The smallest absolute Gasteiger partial charge is 0.138 e. The van der Waals surface area contributed by atoms with Gasteiger partial charge in [-0.25, -0.2) is 0 Å². The Bertz CT molecular complexity index is 701. The average molecular weight is 335 g/mol. The van der Waals surface area contributed by atoms with Crippen LogP contribution in [0, 0.1) is 0 Å². The molecule has 5 heteroatoms. The molecule has 0 amide bonds. The molecule has 2 aromatic rings. The van der Waals surface area contributed by atoms with Crippen LogP contribution in [0.4, 0.5) is 0 Å². The third kappa shape index (κ3) is 3.73. The second kappa shape index (κ2) is 7.03. The summed E-state index contributed by atoms with van der Waals surface area (Å²) in [4.78, 5) is 4.51. The van der Waals surface area contributed by atoms with Crippen LogP contribution < -0.4 is 10.1 Å². The number of hydrogen-bond donors (Lipinski definition) is 1. The molecule has 3 nitrogen and oxygen atoms in total. The summed E-state index contributed by atoms with van der Waals surface area (Å²) < 4.78 is 5.77. The van der Waals surface area contributed by atoms with Crippen molar-refractivity contribution in [1.29, 1.82) is 0 Å². The summed E-state index contributed by atoms with van der Waals surface area (Å²) in [7, 11) is 0. The quantitative estimate of drug-likeness (QED) is 0.903. The minimum absolute atomic E-state index is 0.447. The summed E-state index contributed by atoms with van der Waals surface area (Å²) in [6.07, 6.45) is 1.08. The molecule has 0 saturated carbocycles. The lowest BCUT2D eigenvalue weighted by atomic mass is 10.1. The van der Waals surface area contributed by atoms with Gasteiger partial charge in [-0.2, -0.15) is 0 Å². The van der Waals surface area contributed by atoms with Crippen LogP contribution in [0.25, 0.3) is 0 Å². The molecule has 0 saturated heterocycles. The van der Waals surface area contributed by atoms with Gasteiger partial charge in [-0.05, 0) is 36.2 Å². The first-order valence-corrected chi connectivity index (χ1v) is 7.93. The molecule has 1 aliphatic rings. The Morgan fingerprint density at radius 3 is 2.82 bits per heavy atom. The van der Waals surface area contributed by atoms with E-state index >= 15 is 0 Å². The van der Waals surface area contributed by atoms with Crippen LogP contribution in [0.15, 0.2) is 47.5 Å². The molecule has 0 unspecified atom stereocenters. The molecule has 0 fully saturated rings. The summed E-state index contributed by atoms with van der Waals surface area (Å²) in [5.41, 5.74) is 2.15. The zero-order chi connectivity index (χ0) is 15.4. The molecular weight excluding hydrogens is 319 g/mol. The predicted octanol–water partition coefficient (Wildman–Crippen LogP) is 4.31. The van der Waals surface area contributed by atoms with Crippen LogP contribution in [-0.2, 0) is 6.61 Å². The Morgan fingerprint density at radius 2 is 2.05 bits per heavy atom. The molecule has 1 aliphatic heterocycles. The van der Waals surface area contributed by atoms with Gasteiger partial charge in [-0.15, -0.1) is 0 Å². The van der Waals surface area contributed by atoms with Crippen LogP contribution in [0.1, 0.15) is 17.5 Å². The highest BCUT2D eigenvalue weighted by Crippen LogP contribution is 2.28. The summed E-state index contributed by atoms with van der Waals surface area (Å²) in [5, 5.41) is 4.44. The number of rotatable bonds is 4. The molecular formula is C17H16Cl2N2O. The van der Waals surface area contributed by atoms with Crippen molar-refractivity contribution in [3.63, 3.8) is 0 Å². The number of ether oxygens (including phenoxy) is 1. The maximum absolute atomic E-state index is 6.11. The second-order valence-electron chi connectivity index (χ2n) is 5.07. The molecule has 0 aromatic heterocycles. The van der Waals surface area contributed by atoms with Crippen LogP contribution in [0.3, 0.4) is 0 Å².